The molecular weight excluding hydrogens is 412 g/mol. The van der Waals surface area contributed by atoms with E-state index in [-0.39, 0.29) is 11.9 Å². The fourth-order valence-electron chi connectivity index (χ4n) is 3.56. The standard InChI is InChI=1S/C25H29ClN2O3/c1-3-16-31-23-10-6-19(17-24(23)30-2)7-11-25(29)27-22-12-14-28(15-13-22)18-20-4-8-21(26)9-5-20/h3-11,17,22H,1,12-16,18H2,2H3,(H,27,29)/b11-7+. The Hall–Kier alpha value is -2.76. The van der Waals surface area contributed by atoms with Gasteiger partial charge in [0.15, 0.2) is 11.5 Å². The zero-order valence-corrected chi connectivity index (χ0v) is 18.6. The van der Waals surface area contributed by atoms with Crippen molar-refractivity contribution < 1.29 is 14.3 Å². The molecule has 0 unspecified atom stereocenters. The Morgan fingerprint density at radius 1 is 1.19 bits per heavy atom. The van der Waals surface area contributed by atoms with Gasteiger partial charge in [-0.1, -0.05) is 42.5 Å². The molecule has 0 aromatic heterocycles. The molecule has 2 aromatic carbocycles. The van der Waals surface area contributed by atoms with Gasteiger partial charge >= 0.3 is 0 Å². The molecule has 1 amide bonds. The maximum absolute atomic E-state index is 12.4. The minimum atomic E-state index is -0.0814. The van der Waals surface area contributed by atoms with Crippen molar-refractivity contribution >= 4 is 23.6 Å². The Morgan fingerprint density at radius 3 is 2.61 bits per heavy atom. The van der Waals surface area contributed by atoms with Crippen LogP contribution in [0.3, 0.4) is 0 Å². The Kier molecular flexibility index (Phi) is 8.56. The lowest BCUT2D eigenvalue weighted by molar-refractivity contribution is -0.117. The zero-order chi connectivity index (χ0) is 22.1. The van der Waals surface area contributed by atoms with Crippen molar-refractivity contribution in [2.45, 2.75) is 25.4 Å². The number of halogens is 1. The van der Waals surface area contributed by atoms with Gasteiger partial charge in [0, 0.05) is 36.8 Å². The van der Waals surface area contributed by atoms with Gasteiger partial charge in [0.2, 0.25) is 5.91 Å². The molecule has 0 spiro atoms. The van der Waals surface area contributed by atoms with Gasteiger partial charge in [-0.05, 0) is 54.3 Å². The second-order valence-electron chi connectivity index (χ2n) is 7.53. The number of carbonyl (C=O) groups excluding carboxylic acids is 1. The SMILES string of the molecule is C=CCOc1ccc(/C=C/C(=O)NC2CCN(Cc3ccc(Cl)cc3)CC2)cc1OC. The van der Waals surface area contributed by atoms with E-state index in [1.54, 1.807) is 25.3 Å². The summed E-state index contributed by atoms with van der Waals surface area (Å²) in [6.45, 7) is 6.88. The molecule has 1 fully saturated rings. The first-order valence-corrected chi connectivity index (χ1v) is 10.8. The summed E-state index contributed by atoms with van der Waals surface area (Å²) in [6.07, 6.45) is 6.91. The number of nitrogens with zero attached hydrogens (tertiary/aromatic N) is 1. The molecule has 5 nitrogen and oxygen atoms in total. The monoisotopic (exact) mass is 440 g/mol. The van der Waals surface area contributed by atoms with E-state index in [1.165, 1.54) is 5.56 Å². The van der Waals surface area contributed by atoms with E-state index in [0.29, 0.717) is 18.1 Å². The molecule has 0 radical (unpaired) electrons. The van der Waals surface area contributed by atoms with Gasteiger partial charge in [0.25, 0.3) is 0 Å². The average molecular weight is 441 g/mol. The van der Waals surface area contributed by atoms with E-state index in [4.69, 9.17) is 21.1 Å². The highest BCUT2D eigenvalue weighted by Gasteiger charge is 2.20. The first kappa shape index (κ1) is 22.9. The smallest absolute Gasteiger partial charge is 0.244 e. The minimum absolute atomic E-state index is 0.0814. The van der Waals surface area contributed by atoms with Gasteiger partial charge in [0.05, 0.1) is 7.11 Å². The van der Waals surface area contributed by atoms with Gasteiger partial charge in [0.1, 0.15) is 6.61 Å². The first-order valence-electron chi connectivity index (χ1n) is 10.4. The molecule has 0 bridgehead atoms. The van der Waals surface area contributed by atoms with Crippen molar-refractivity contribution in [3.05, 3.63) is 77.3 Å². The third kappa shape index (κ3) is 7.16. The van der Waals surface area contributed by atoms with Gasteiger partial charge < -0.3 is 14.8 Å². The lowest BCUT2D eigenvalue weighted by atomic mass is 10.0. The lowest BCUT2D eigenvalue weighted by Gasteiger charge is -2.32. The summed E-state index contributed by atoms with van der Waals surface area (Å²) in [5.74, 6) is 1.19. The summed E-state index contributed by atoms with van der Waals surface area (Å²) in [5, 5.41) is 3.87. The summed E-state index contributed by atoms with van der Waals surface area (Å²) in [4.78, 5) is 14.8. The molecule has 1 aliphatic heterocycles. The van der Waals surface area contributed by atoms with E-state index >= 15 is 0 Å². The lowest BCUT2D eigenvalue weighted by Crippen LogP contribution is -2.43. The van der Waals surface area contributed by atoms with E-state index in [0.717, 1.165) is 43.1 Å². The first-order chi connectivity index (χ1) is 15.1. The number of likely N-dealkylation sites (tertiary alicyclic amines) is 1. The molecule has 1 saturated heterocycles. The summed E-state index contributed by atoms with van der Waals surface area (Å²) in [7, 11) is 1.59. The Balaban J connectivity index is 1.46. The molecule has 31 heavy (non-hydrogen) atoms. The van der Waals surface area contributed by atoms with E-state index in [9.17, 15) is 4.79 Å². The van der Waals surface area contributed by atoms with Crippen molar-refractivity contribution in [2.24, 2.45) is 0 Å². The molecule has 2 aromatic rings. The molecule has 1 heterocycles. The van der Waals surface area contributed by atoms with Crippen molar-refractivity contribution in [3.8, 4) is 11.5 Å². The van der Waals surface area contributed by atoms with Crippen LogP contribution in [0.25, 0.3) is 6.08 Å². The van der Waals surface area contributed by atoms with Crippen molar-refractivity contribution in [3.63, 3.8) is 0 Å². The van der Waals surface area contributed by atoms with Crippen molar-refractivity contribution in [1.82, 2.24) is 10.2 Å². The molecule has 3 rings (SSSR count). The Morgan fingerprint density at radius 2 is 1.94 bits per heavy atom. The van der Waals surface area contributed by atoms with Gasteiger partial charge in [-0.15, -0.1) is 0 Å². The van der Waals surface area contributed by atoms with Gasteiger partial charge in [-0.3, -0.25) is 9.69 Å². The highest BCUT2D eigenvalue weighted by molar-refractivity contribution is 6.30. The van der Waals surface area contributed by atoms with Crippen LogP contribution < -0.4 is 14.8 Å². The molecule has 0 aliphatic carbocycles. The summed E-state index contributed by atoms with van der Waals surface area (Å²) < 4.78 is 10.9. The molecule has 1 N–H and O–H groups in total. The van der Waals surface area contributed by atoms with Crippen LogP contribution in [-0.2, 0) is 11.3 Å². The quantitative estimate of drug-likeness (QED) is 0.453. The Bertz CT molecular complexity index is 903. The maximum Gasteiger partial charge on any atom is 0.244 e. The average Bonchev–Trinajstić information content (AvgIpc) is 2.79. The van der Waals surface area contributed by atoms with Crippen LogP contribution in [0.15, 0.2) is 61.2 Å². The number of ether oxygens (including phenoxy) is 2. The maximum atomic E-state index is 12.4. The predicted molar refractivity (Wildman–Crippen MR) is 126 cm³/mol. The van der Waals surface area contributed by atoms with E-state index in [2.05, 4.69) is 28.9 Å². The normalized spacial score (nSPS) is 15.0. The highest BCUT2D eigenvalue weighted by atomic mass is 35.5. The number of rotatable bonds is 9. The number of methoxy groups -OCH3 is 1. The fourth-order valence-corrected chi connectivity index (χ4v) is 3.69. The van der Waals surface area contributed by atoms with Crippen LogP contribution in [0.2, 0.25) is 5.02 Å². The van der Waals surface area contributed by atoms with Crippen molar-refractivity contribution in [2.75, 3.05) is 26.8 Å². The number of nitrogens with one attached hydrogen (secondary N) is 1. The van der Waals surface area contributed by atoms with Gasteiger partial charge in [-0.2, -0.15) is 0 Å². The van der Waals surface area contributed by atoms with Crippen LogP contribution in [0, 0.1) is 0 Å². The second-order valence-corrected chi connectivity index (χ2v) is 7.97. The van der Waals surface area contributed by atoms with Crippen LogP contribution >= 0.6 is 11.6 Å². The third-order valence-electron chi connectivity index (χ3n) is 5.22. The minimum Gasteiger partial charge on any atom is -0.493 e. The highest BCUT2D eigenvalue weighted by Crippen LogP contribution is 2.28. The van der Waals surface area contributed by atoms with Gasteiger partial charge in [-0.25, -0.2) is 0 Å². The largest absolute Gasteiger partial charge is 0.493 e. The second kappa shape index (κ2) is 11.6. The topological polar surface area (TPSA) is 50.8 Å². The third-order valence-corrected chi connectivity index (χ3v) is 5.48. The Labute approximate surface area is 189 Å². The zero-order valence-electron chi connectivity index (χ0n) is 17.9. The fraction of sp³-hybridized carbons (Fsp3) is 0.320. The van der Waals surface area contributed by atoms with E-state index in [1.807, 2.05) is 30.3 Å². The number of hydrogen-bond donors (Lipinski definition) is 1. The van der Waals surface area contributed by atoms with Crippen molar-refractivity contribution in [1.29, 1.82) is 0 Å². The number of benzene rings is 2. The molecule has 0 saturated carbocycles. The molecule has 1 aliphatic rings. The van der Waals surface area contributed by atoms with E-state index < -0.39 is 0 Å². The van der Waals surface area contributed by atoms with Crippen LogP contribution in [0.1, 0.15) is 24.0 Å². The predicted octanol–water partition coefficient (Wildman–Crippen LogP) is 4.71. The van der Waals surface area contributed by atoms with Crippen LogP contribution in [0.4, 0.5) is 0 Å². The summed E-state index contributed by atoms with van der Waals surface area (Å²) in [5.41, 5.74) is 2.13. The molecular formula is C25H29ClN2O3. The molecule has 0 atom stereocenters. The number of piperidine rings is 1. The van der Waals surface area contributed by atoms with Crippen LogP contribution in [-0.4, -0.2) is 43.7 Å². The number of amides is 1. The number of carbonyl (C=O) groups is 1. The molecule has 164 valence electrons. The number of hydrogen-bond acceptors (Lipinski definition) is 4. The molecule has 6 heteroatoms. The van der Waals surface area contributed by atoms with Crippen LogP contribution in [0.5, 0.6) is 11.5 Å². The summed E-state index contributed by atoms with van der Waals surface area (Å²) in [6, 6.07) is 13.7. The summed E-state index contributed by atoms with van der Waals surface area (Å²) >= 11 is 5.95.